The number of fused-ring (bicyclic) bond motifs is 2. The van der Waals surface area contributed by atoms with E-state index in [-0.39, 0.29) is 71.8 Å². The first-order valence-electron chi connectivity index (χ1n) is 41.9. The molecule has 0 radical (unpaired) electrons. The number of nitrogens with one attached hydrogen (secondary N) is 5. The van der Waals surface area contributed by atoms with Crippen LogP contribution in [-0.2, 0) is 37.6 Å². The number of Topliss-reactive ketones (excluding diaryl/α,β-unsaturated/α-hetero) is 2. The second kappa shape index (κ2) is 66.9. The average Bonchev–Trinajstić information content (AvgIpc) is 0.745. The van der Waals surface area contributed by atoms with Gasteiger partial charge in [0.2, 0.25) is 5.91 Å². The number of hydrogen-bond donors (Lipinski definition) is 5. The van der Waals surface area contributed by atoms with Crippen LogP contribution in [0.25, 0.3) is 0 Å². The maximum absolute atomic E-state index is 14.0. The van der Waals surface area contributed by atoms with Gasteiger partial charge >= 0.3 is 50.8 Å². The smallest absolute Gasteiger partial charge is 0.550 e. The van der Waals surface area contributed by atoms with Crippen LogP contribution in [0.4, 0.5) is 0 Å². The standard InChI is InChI=1S/C73H132N4O6Si2.C10H21NO3Si.Na.O2Si/c1-7-9-11-13-15-17-19-21-23-25-27-29-31-33-35-41-55-76-66-49-50-67(71-70(66)72(80)64-47-39-40-48-65(64)73(71)81)77-56-42-36-38-44-60-83-69(79)52-58-75-54-46-62-85(5,6)63-84(3,4)61-45-53-74-57-51-68(78)82-59-43-37-34-32-30-28-26-24-22-20-18-16-14-12-10-8-2;1-15(2,3)8-4-7-11-9(12)5-6-10(13)14;;1-3-2/h39-40,47-50,70-71,74-77H,7-38,41-46,51-63H2,1-6H3;4-8H2,1-3H3,(H,11,12)(H,13,14);;/q;;+1;/p-1. The van der Waals surface area contributed by atoms with Crippen LogP contribution in [0.1, 0.15) is 311 Å². The number of ketones is 2. The fourth-order valence-electron chi connectivity index (χ4n) is 14.4. The zero-order chi connectivity index (χ0) is 75.9. The van der Waals surface area contributed by atoms with Gasteiger partial charge in [0, 0.05) is 91.9 Å². The Bertz CT molecular complexity index is 2490. The van der Waals surface area contributed by atoms with Crippen LogP contribution in [0, 0.1) is 11.8 Å². The van der Waals surface area contributed by atoms with E-state index in [1.54, 1.807) is 12.1 Å². The SMILES string of the molecule is CCCCCCCCCCCCCCCCCCNC1=CC=C(NCCCCCCOC(=O)CCNCCC[Si](C)(C)C[Si](C)(C)CCCNCCC(=O)OCCCCCCCCCCCCCCCCCC)C2C(=O)c3ccccc3C(=O)C12.C[Si](C)(C)CCCNC(=O)CCC(=O)[O-].O=[Si]=O.[Na+]. The van der Waals surface area contributed by atoms with Gasteiger partial charge in [0.15, 0.2) is 11.6 Å². The van der Waals surface area contributed by atoms with Crippen LogP contribution < -0.4 is 61.2 Å². The summed E-state index contributed by atoms with van der Waals surface area (Å²) in [4.78, 5) is 74.0. The summed E-state index contributed by atoms with van der Waals surface area (Å²) in [7, 11) is -5.07. The topological polar surface area (TPSA) is 238 Å². The molecule has 5 N–H and O–H groups in total. The van der Waals surface area contributed by atoms with Crippen LogP contribution in [-0.4, -0.2) is 128 Å². The molecule has 2 aliphatic rings. The van der Waals surface area contributed by atoms with Crippen molar-refractivity contribution in [1.82, 2.24) is 26.6 Å². The minimum atomic E-state index is -1.42. The second-order valence-electron chi connectivity index (χ2n) is 32.5. The van der Waals surface area contributed by atoms with Crippen molar-refractivity contribution in [2.45, 2.75) is 360 Å². The van der Waals surface area contributed by atoms with E-state index < -0.39 is 51.3 Å². The van der Waals surface area contributed by atoms with Crippen molar-refractivity contribution in [3.8, 4) is 0 Å². The van der Waals surface area contributed by atoms with Crippen molar-refractivity contribution < 1.29 is 81.8 Å². The van der Waals surface area contributed by atoms with E-state index in [9.17, 15) is 33.9 Å². The summed E-state index contributed by atoms with van der Waals surface area (Å²) in [5.41, 5.74) is 4.21. The second-order valence-corrected chi connectivity index (χ2v) is 49.3. The number of carbonyl (C=O) groups excluding carboxylic acids is 6. The molecule has 2 unspecified atom stereocenters. The average molecular weight is 1530 g/mol. The van der Waals surface area contributed by atoms with Gasteiger partial charge in [-0.15, -0.1) is 0 Å². The van der Waals surface area contributed by atoms with E-state index in [2.05, 4.69) is 86.3 Å². The summed E-state index contributed by atoms with van der Waals surface area (Å²) in [5.74, 6) is -2.58. The number of esters is 2. The van der Waals surface area contributed by atoms with E-state index in [1.807, 2.05) is 24.3 Å². The van der Waals surface area contributed by atoms with Crippen LogP contribution in [0.5, 0.6) is 0 Å². The number of carboxylic acids is 1. The van der Waals surface area contributed by atoms with Gasteiger partial charge in [-0.25, -0.2) is 0 Å². The van der Waals surface area contributed by atoms with Gasteiger partial charge in [-0.1, -0.05) is 307 Å². The van der Waals surface area contributed by atoms with Gasteiger partial charge < -0.3 is 46.0 Å². The van der Waals surface area contributed by atoms with Gasteiger partial charge in [0.05, 0.1) is 37.9 Å². The molecule has 0 spiro atoms. The molecule has 1 aromatic carbocycles. The van der Waals surface area contributed by atoms with E-state index in [0.717, 1.165) is 95.4 Å². The largest absolute Gasteiger partial charge is 1.00 e. The van der Waals surface area contributed by atoms with Gasteiger partial charge in [-0.3, -0.25) is 32.9 Å². The first-order chi connectivity index (χ1) is 49.6. The third kappa shape index (κ3) is 57.1. The number of rotatable bonds is 66. The molecule has 0 aromatic heterocycles. The number of unbranched alkanes of at least 4 members (excludes halogenated alkanes) is 33. The zero-order valence-electron chi connectivity index (χ0n) is 68.2. The van der Waals surface area contributed by atoms with Crippen molar-refractivity contribution in [2.75, 3.05) is 59.0 Å². The van der Waals surface area contributed by atoms with Crippen molar-refractivity contribution in [1.29, 1.82) is 0 Å². The van der Waals surface area contributed by atoms with Crippen LogP contribution in [0.2, 0.25) is 69.6 Å². The molecule has 3 rings (SSSR count). The fourth-order valence-corrected chi connectivity index (χ4v) is 29.7. The molecule has 21 heteroatoms. The number of ether oxygens (including phenoxy) is 2. The molecule has 2 atom stereocenters. The molecule has 0 saturated carbocycles. The molecule has 1 aromatic rings. The van der Waals surface area contributed by atoms with Crippen molar-refractivity contribution in [3.63, 3.8) is 0 Å². The fraction of sp³-hybridized carbons (Fsp3) is 0.807. The third-order valence-corrected chi connectivity index (χ3v) is 33.0. The summed E-state index contributed by atoms with van der Waals surface area (Å²) in [6.07, 6.45) is 54.7. The van der Waals surface area contributed by atoms with E-state index in [1.165, 1.54) is 216 Å². The minimum absolute atomic E-state index is 0. The molecule has 0 saturated heterocycles. The summed E-state index contributed by atoms with van der Waals surface area (Å²) < 4.78 is 27.9. The normalized spacial score (nSPS) is 14.0. The third-order valence-electron chi connectivity index (χ3n) is 20.1. The molecule has 1 amide bonds. The summed E-state index contributed by atoms with van der Waals surface area (Å²) >= 11 is 0. The number of allylic oxidation sites excluding steroid dienone is 4. The summed E-state index contributed by atoms with van der Waals surface area (Å²) in [5, 5.41) is 26.9. The molecule has 0 fully saturated rings. The van der Waals surface area contributed by atoms with E-state index in [0.29, 0.717) is 56.8 Å². The van der Waals surface area contributed by atoms with Crippen molar-refractivity contribution >= 4 is 68.9 Å². The Kier molecular flexibility index (Phi) is 64.9. The first kappa shape index (κ1) is 101. The molecule has 0 heterocycles. The minimum Gasteiger partial charge on any atom is -0.550 e. The summed E-state index contributed by atoms with van der Waals surface area (Å²) in [6.45, 7) is 28.1. The number of amides is 1. The summed E-state index contributed by atoms with van der Waals surface area (Å²) in [6, 6.07) is 11.1. The molecule has 104 heavy (non-hydrogen) atoms. The van der Waals surface area contributed by atoms with Gasteiger partial charge in [0.25, 0.3) is 0 Å². The Hall–Kier alpha value is -3.09. The molecular formula is C83H152N5NaO11Si4. The molecule has 2 aliphatic carbocycles. The predicted octanol–water partition coefficient (Wildman–Crippen LogP) is 15.9. The van der Waals surface area contributed by atoms with Gasteiger partial charge in [0.1, 0.15) is 0 Å². The number of aliphatic carboxylic acids is 1. The number of carboxylic acid groups (broad SMARTS) is 1. The van der Waals surface area contributed by atoms with E-state index >= 15 is 0 Å². The number of carbonyl (C=O) groups is 6. The Morgan fingerprint density at radius 2 is 0.731 bits per heavy atom. The Morgan fingerprint density at radius 1 is 0.413 bits per heavy atom. The van der Waals surface area contributed by atoms with Crippen molar-refractivity contribution in [3.05, 3.63) is 58.9 Å². The van der Waals surface area contributed by atoms with Gasteiger partial charge in [-0.05, 0) is 83.0 Å². The Labute approximate surface area is 661 Å². The van der Waals surface area contributed by atoms with Crippen molar-refractivity contribution in [2.24, 2.45) is 11.8 Å². The quantitative estimate of drug-likeness (QED) is 0.0232. The number of hydrogen-bond acceptors (Lipinski definition) is 15. The monoisotopic (exact) mass is 1530 g/mol. The zero-order valence-corrected chi connectivity index (χ0v) is 74.2. The molecule has 0 aliphatic heterocycles. The van der Waals surface area contributed by atoms with E-state index in [4.69, 9.17) is 18.4 Å². The Balaban J connectivity index is 0.00000490. The van der Waals surface area contributed by atoms with Crippen LogP contribution in [0.3, 0.4) is 0 Å². The molecular weight excluding hydrogens is 1380 g/mol. The maximum Gasteiger partial charge on any atom is 1.00 e. The molecule has 0 bridgehead atoms. The molecule has 16 nitrogen and oxygen atoms in total. The number of benzene rings is 1. The first-order valence-corrected chi connectivity index (χ1v) is 53.2. The van der Waals surface area contributed by atoms with Crippen LogP contribution in [0.15, 0.2) is 47.8 Å². The Morgan fingerprint density at radius 3 is 1.06 bits per heavy atom. The van der Waals surface area contributed by atoms with Gasteiger partial charge in [-0.2, -0.15) is 0 Å². The van der Waals surface area contributed by atoms with Crippen LogP contribution >= 0.6 is 0 Å². The maximum atomic E-state index is 14.0. The predicted molar refractivity (Wildman–Crippen MR) is 434 cm³/mol. The molecule has 592 valence electrons.